The number of nitrogens with one attached hydrogen (secondary N) is 1. The Balaban J connectivity index is 1.19. The SMILES string of the molecule is CC(=O)CC[C@H]1CN(c2cc(F)c(N3CCN(C(=O)[C@H](CO)NC(=O)c4cn5ccncc5n4)CC3)c(F)c2)C(=O)O1. The van der Waals surface area contributed by atoms with Crippen molar-refractivity contribution in [3.63, 3.8) is 0 Å². The third kappa shape index (κ3) is 6.00. The number of ether oxygens (including phenoxy) is 1. The number of ketones is 1. The Labute approximate surface area is 238 Å². The first kappa shape index (κ1) is 28.9. The van der Waals surface area contributed by atoms with Crippen LogP contribution in [0.25, 0.3) is 5.65 Å². The predicted octanol–water partition coefficient (Wildman–Crippen LogP) is 1.14. The quantitative estimate of drug-likeness (QED) is 0.377. The van der Waals surface area contributed by atoms with Crippen LogP contribution in [0.5, 0.6) is 0 Å². The first-order valence-electron chi connectivity index (χ1n) is 13.4. The number of halogens is 2. The van der Waals surface area contributed by atoms with Gasteiger partial charge >= 0.3 is 6.09 Å². The summed E-state index contributed by atoms with van der Waals surface area (Å²) in [7, 11) is 0. The van der Waals surface area contributed by atoms with Gasteiger partial charge in [-0.25, -0.2) is 18.6 Å². The number of piperazine rings is 1. The summed E-state index contributed by atoms with van der Waals surface area (Å²) >= 11 is 0. The topological polar surface area (TPSA) is 150 Å². The molecule has 0 unspecified atom stereocenters. The van der Waals surface area contributed by atoms with Gasteiger partial charge in [-0.05, 0) is 13.3 Å². The maximum absolute atomic E-state index is 15.2. The minimum absolute atomic E-state index is 0.00119. The second-order valence-electron chi connectivity index (χ2n) is 10.1. The van der Waals surface area contributed by atoms with E-state index in [0.717, 1.165) is 17.0 Å². The van der Waals surface area contributed by atoms with E-state index in [-0.39, 0.29) is 62.0 Å². The van der Waals surface area contributed by atoms with Crippen LogP contribution in [0.2, 0.25) is 0 Å². The van der Waals surface area contributed by atoms with Crippen molar-refractivity contribution in [1.82, 2.24) is 24.6 Å². The van der Waals surface area contributed by atoms with Crippen molar-refractivity contribution in [2.24, 2.45) is 0 Å². The summed E-state index contributed by atoms with van der Waals surface area (Å²) in [6.07, 6.45) is 5.33. The highest BCUT2D eigenvalue weighted by Gasteiger charge is 2.35. The highest BCUT2D eigenvalue weighted by atomic mass is 19.1. The Morgan fingerprint density at radius 2 is 1.88 bits per heavy atom. The summed E-state index contributed by atoms with van der Waals surface area (Å²) in [5, 5.41) is 12.3. The molecule has 0 radical (unpaired) electrons. The van der Waals surface area contributed by atoms with Gasteiger partial charge in [0.1, 0.15) is 29.3 Å². The predicted molar refractivity (Wildman–Crippen MR) is 144 cm³/mol. The monoisotopic (exact) mass is 585 g/mol. The summed E-state index contributed by atoms with van der Waals surface area (Å²) in [4.78, 5) is 61.3. The van der Waals surface area contributed by atoms with Crippen LogP contribution in [0.1, 0.15) is 30.3 Å². The van der Waals surface area contributed by atoms with Crippen LogP contribution in [-0.4, -0.2) is 99.5 Å². The van der Waals surface area contributed by atoms with Gasteiger partial charge in [0.15, 0.2) is 17.3 Å². The lowest BCUT2D eigenvalue weighted by molar-refractivity contribution is -0.134. The zero-order valence-corrected chi connectivity index (χ0v) is 22.7. The molecule has 0 bridgehead atoms. The Bertz CT molecular complexity index is 1470. The van der Waals surface area contributed by atoms with Crippen LogP contribution in [0.3, 0.4) is 0 Å². The molecule has 0 saturated carbocycles. The third-order valence-corrected chi connectivity index (χ3v) is 7.20. The summed E-state index contributed by atoms with van der Waals surface area (Å²) in [5.41, 5.74) is 0.191. The number of imidazole rings is 1. The molecule has 3 aromatic rings. The van der Waals surface area contributed by atoms with Gasteiger partial charge in [-0.2, -0.15) is 0 Å². The van der Waals surface area contributed by atoms with Crippen LogP contribution >= 0.6 is 0 Å². The van der Waals surface area contributed by atoms with Gasteiger partial charge in [-0.15, -0.1) is 0 Å². The van der Waals surface area contributed by atoms with Crippen molar-refractivity contribution in [2.75, 3.05) is 49.1 Å². The number of Topliss-reactive ketones (excluding diaryl/α,β-unsaturated/α-hetero) is 1. The summed E-state index contributed by atoms with van der Waals surface area (Å²) in [5.74, 6) is -3.01. The number of anilines is 2. The number of aliphatic hydroxyl groups is 1. The van der Waals surface area contributed by atoms with E-state index in [0.29, 0.717) is 12.1 Å². The number of aliphatic hydroxyl groups excluding tert-OH is 1. The zero-order chi connectivity index (χ0) is 30.0. The van der Waals surface area contributed by atoms with Crippen molar-refractivity contribution >= 4 is 40.7 Å². The molecular weight excluding hydrogens is 556 g/mol. The molecule has 2 fully saturated rings. The Kier molecular flexibility index (Phi) is 8.29. The number of carbonyl (C=O) groups is 4. The van der Waals surface area contributed by atoms with E-state index in [1.54, 1.807) is 10.6 Å². The highest BCUT2D eigenvalue weighted by Crippen LogP contribution is 2.32. The van der Waals surface area contributed by atoms with Gasteiger partial charge in [-0.1, -0.05) is 0 Å². The van der Waals surface area contributed by atoms with Gasteiger partial charge in [0.2, 0.25) is 5.91 Å². The molecule has 2 aromatic heterocycles. The molecule has 4 heterocycles. The second-order valence-corrected chi connectivity index (χ2v) is 10.1. The third-order valence-electron chi connectivity index (χ3n) is 7.20. The zero-order valence-electron chi connectivity index (χ0n) is 22.7. The molecule has 42 heavy (non-hydrogen) atoms. The summed E-state index contributed by atoms with van der Waals surface area (Å²) in [6.45, 7) is 1.19. The molecule has 3 amide bonds. The van der Waals surface area contributed by atoms with Crippen molar-refractivity contribution in [1.29, 1.82) is 0 Å². The maximum atomic E-state index is 15.2. The number of rotatable bonds is 9. The van der Waals surface area contributed by atoms with Crippen LogP contribution in [0.4, 0.5) is 25.0 Å². The average molecular weight is 586 g/mol. The standard InChI is InChI=1S/C27H29F2N7O6/c1-16(38)2-3-18-13-36(27(41)42-18)17-10-19(28)24(20(29)11-17)33-6-8-34(9-7-33)26(40)22(15-37)32-25(39)21-14-35-5-4-30-12-23(35)31-21/h4-5,10-12,14,18,22,37H,2-3,6-9,13,15H2,1H3,(H,32,39)/t18-,22-/m0/s1. The Hall–Kier alpha value is -4.66. The number of aromatic nitrogens is 3. The average Bonchev–Trinajstić information content (AvgIpc) is 3.58. The smallest absolute Gasteiger partial charge is 0.414 e. The van der Waals surface area contributed by atoms with E-state index in [2.05, 4.69) is 15.3 Å². The fourth-order valence-electron chi connectivity index (χ4n) is 5.00. The number of nitrogens with zero attached hydrogens (tertiary/aromatic N) is 6. The first-order valence-corrected chi connectivity index (χ1v) is 13.4. The van der Waals surface area contributed by atoms with Gasteiger partial charge < -0.3 is 34.2 Å². The number of amides is 3. The van der Waals surface area contributed by atoms with Gasteiger partial charge in [0.05, 0.1) is 25.0 Å². The number of carbonyl (C=O) groups excluding carboxylic acids is 4. The molecule has 2 saturated heterocycles. The molecule has 2 aliphatic heterocycles. The number of hydrogen-bond acceptors (Lipinski definition) is 9. The van der Waals surface area contributed by atoms with Crippen molar-refractivity contribution in [2.45, 2.75) is 31.9 Å². The molecule has 5 rings (SSSR count). The normalized spacial score (nSPS) is 17.9. The van der Waals surface area contributed by atoms with E-state index < -0.39 is 48.3 Å². The minimum atomic E-state index is -1.24. The maximum Gasteiger partial charge on any atom is 0.414 e. The van der Waals surface area contributed by atoms with Crippen LogP contribution < -0.4 is 15.1 Å². The number of benzene rings is 1. The molecule has 2 aliphatic rings. The molecule has 222 valence electrons. The van der Waals surface area contributed by atoms with Crippen molar-refractivity contribution in [3.05, 3.63) is 54.2 Å². The molecule has 2 N–H and O–H groups in total. The van der Waals surface area contributed by atoms with Gasteiger partial charge in [-0.3, -0.25) is 19.5 Å². The number of cyclic esters (lactones) is 1. The number of fused-ring (bicyclic) bond motifs is 1. The van der Waals surface area contributed by atoms with Crippen LogP contribution in [0, 0.1) is 11.6 Å². The van der Waals surface area contributed by atoms with Gasteiger partial charge in [0.25, 0.3) is 5.91 Å². The molecule has 0 spiro atoms. The van der Waals surface area contributed by atoms with E-state index in [1.807, 2.05) is 0 Å². The fraction of sp³-hybridized carbons (Fsp3) is 0.407. The summed E-state index contributed by atoms with van der Waals surface area (Å²) in [6, 6.07) is 0.869. The lowest BCUT2D eigenvalue weighted by Crippen LogP contribution is -2.56. The van der Waals surface area contributed by atoms with E-state index >= 15 is 8.78 Å². The molecule has 1 aromatic carbocycles. The fourth-order valence-corrected chi connectivity index (χ4v) is 5.00. The Morgan fingerprint density at radius 1 is 1.17 bits per heavy atom. The van der Waals surface area contributed by atoms with E-state index in [9.17, 15) is 24.3 Å². The molecule has 15 heteroatoms. The molecule has 0 aliphatic carbocycles. The minimum Gasteiger partial charge on any atom is -0.444 e. The second kappa shape index (κ2) is 12.1. The summed E-state index contributed by atoms with van der Waals surface area (Å²) < 4.78 is 37.1. The lowest BCUT2D eigenvalue weighted by atomic mass is 10.1. The molecular formula is C27H29F2N7O6. The molecule has 13 nitrogen and oxygen atoms in total. The van der Waals surface area contributed by atoms with E-state index in [4.69, 9.17) is 4.74 Å². The largest absolute Gasteiger partial charge is 0.444 e. The van der Waals surface area contributed by atoms with Crippen molar-refractivity contribution < 1.29 is 37.8 Å². The first-order chi connectivity index (χ1) is 20.1. The van der Waals surface area contributed by atoms with Gasteiger partial charge in [0, 0.05) is 63.3 Å². The Morgan fingerprint density at radius 3 is 2.52 bits per heavy atom. The molecule has 2 atom stereocenters. The number of hydrogen-bond donors (Lipinski definition) is 2. The lowest BCUT2D eigenvalue weighted by Gasteiger charge is -2.37. The van der Waals surface area contributed by atoms with Crippen molar-refractivity contribution in [3.8, 4) is 0 Å². The van der Waals surface area contributed by atoms with Crippen LogP contribution in [-0.2, 0) is 14.3 Å². The highest BCUT2D eigenvalue weighted by molar-refractivity contribution is 5.96. The van der Waals surface area contributed by atoms with Crippen LogP contribution in [0.15, 0.2) is 36.9 Å². The van der Waals surface area contributed by atoms with E-state index in [1.165, 1.54) is 35.3 Å².